The molecule has 0 aliphatic rings. The highest BCUT2D eigenvalue weighted by atomic mass is 32.2. The number of fused-ring (bicyclic) bond motifs is 1. The van der Waals surface area contributed by atoms with Crippen molar-refractivity contribution in [1.82, 2.24) is 9.55 Å². The van der Waals surface area contributed by atoms with Gasteiger partial charge in [0.05, 0.1) is 35.2 Å². The van der Waals surface area contributed by atoms with Crippen LogP contribution < -0.4 is 15.6 Å². The largest absolute Gasteiger partial charge is 0.497 e. The molecule has 1 amide bonds. The Hall–Kier alpha value is -4.18. The summed E-state index contributed by atoms with van der Waals surface area (Å²) in [7, 11) is 1.59. The lowest BCUT2D eigenvalue weighted by atomic mass is 10.2. The predicted octanol–water partition coefficient (Wildman–Crippen LogP) is 4.40. The molecule has 1 N–H and O–H groups in total. The molecule has 4 aromatic rings. The van der Waals surface area contributed by atoms with E-state index in [1.54, 1.807) is 42.9 Å². The number of aromatic nitrogens is 2. The molecule has 4 rings (SSSR count). The zero-order valence-corrected chi connectivity index (χ0v) is 19.9. The highest BCUT2D eigenvalue weighted by Gasteiger charge is 2.15. The number of non-ortho nitro benzene ring substituents is 1. The Morgan fingerprint density at radius 2 is 1.89 bits per heavy atom. The monoisotopic (exact) mass is 490 g/mol. The minimum Gasteiger partial charge on any atom is -0.497 e. The number of benzene rings is 3. The predicted molar refractivity (Wildman–Crippen MR) is 135 cm³/mol. The van der Waals surface area contributed by atoms with Gasteiger partial charge in [0.1, 0.15) is 5.75 Å². The second kappa shape index (κ2) is 10.4. The molecule has 0 aliphatic heterocycles. The number of amides is 1. The summed E-state index contributed by atoms with van der Waals surface area (Å²) >= 11 is 1.15. The number of thioether (sulfide) groups is 1. The van der Waals surface area contributed by atoms with E-state index in [1.165, 1.54) is 18.2 Å². The third-order valence-corrected chi connectivity index (χ3v) is 6.33. The van der Waals surface area contributed by atoms with Gasteiger partial charge in [0, 0.05) is 17.8 Å². The van der Waals surface area contributed by atoms with E-state index < -0.39 is 4.92 Å². The first-order chi connectivity index (χ1) is 16.9. The molecule has 3 aromatic carbocycles. The van der Waals surface area contributed by atoms with E-state index in [2.05, 4.69) is 10.3 Å². The summed E-state index contributed by atoms with van der Waals surface area (Å²) in [6.07, 6.45) is 0. The van der Waals surface area contributed by atoms with Gasteiger partial charge < -0.3 is 10.1 Å². The molecule has 35 heavy (non-hydrogen) atoms. The van der Waals surface area contributed by atoms with Crippen molar-refractivity contribution >= 4 is 39.9 Å². The number of nitrogens with zero attached hydrogens (tertiary/aromatic N) is 3. The summed E-state index contributed by atoms with van der Waals surface area (Å²) in [4.78, 5) is 41.0. The first kappa shape index (κ1) is 24.0. The van der Waals surface area contributed by atoms with E-state index in [-0.39, 0.29) is 29.5 Å². The standard InChI is InChI=1S/C25H22N4O5S/c1-16-13-18(29(32)33)9-12-21(16)26-23(30)15-35-25-27-22-6-4-3-5-20(22)24(31)28(25)14-17-7-10-19(34-2)11-8-17/h3-13H,14-15H2,1-2H3,(H,26,30). The van der Waals surface area contributed by atoms with Gasteiger partial charge in [-0.25, -0.2) is 4.98 Å². The van der Waals surface area contributed by atoms with Gasteiger partial charge in [0.2, 0.25) is 5.91 Å². The van der Waals surface area contributed by atoms with Crippen LogP contribution in [0.15, 0.2) is 76.7 Å². The molecule has 0 radical (unpaired) electrons. The van der Waals surface area contributed by atoms with E-state index >= 15 is 0 Å². The van der Waals surface area contributed by atoms with E-state index in [0.717, 1.165) is 17.3 Å². The lowest BCUT2D eigenvalue weighted by molar-refractivity contribution is -0.384. The lowest BCUT2D eigenvalue weighted by Gasteiger charge is -2.14. The minimum absolute atomic E-state index is 0.00379. The number of nitrogens with one attached hydrogen (secondary N) is 1. The summed E-state index contributed by atoms with van der Waals surface area (Å²) in [5, 5.41) is 14.6. The first-order valence-corrected chi connectivity index (χ1v) is 11.6. The zero-order valence-electron chi connectivity index (χ0n) is 19.1. The maximum atomic E-state index is 13.3. The topological polar surface area (TPSA) is 116 Å². The normalized spacial score (nSPS) is 10.8. The van der Waals surface area contributed by atoms with Gasteiger partial charge in [-0.3, -0.25) is 24.3 Å². The molecule has 9 nitrogen and oxygen atoms in total. The maximum Gasteiger partial charge on any atom is 0.269 e. The molecule has 0 atom stereocenters. The third kappa shape index (κ3) is 5.49. The van der Waals surface area contributed by atoms with Crippen LogP contribution >= 0.6 is 11.8 Å². The van der Waals surface area contributed by atoms with Gasteiger partial charge in [-0.1, -0.05) is 36.0 Å². The number of carbonyl (C=O) groups is 1. The molecule has 0 fully saturated rings. The summed E-state index contributed by atoms with van der Waals surface area (Å²) in [6.45, 7) is 1.97. The molecule has 0 saturated carbocycles. The van der Waals surface area contributed by atoms with Crippen LogP contribution in [0.5, 0.6) is 5.75 Å². The molecule has 0 unspecified atom stereocenters. The minimum atomic E-state index is -0.484. The van der Waals surface area contributed by atoms with Gasteiger partial charge in [0.15, 0.2) is 5.16 Å². The van der Waals surface area contributed by atoms with Crippen LogP contribution in [0.4, 0.5) is 11.4 Å². The van der Waals surface area contributed by atoms with Crippen molar-refractivity contribution in [2.75, 3.05) is 18.2 Å². The van der Waals surface area contributed by atoms with Crippen molar-refractivity contribution in [1.29, 1.82) is 0 Å². The molecule has 1 heterocycles. The fourth-order valence-corrected chi connectivity index (χ4v) is 4.33. The Labute approximate surface area is 204 Å². The zero-order chi connectivity index (χ0) is 24.9. The van der Waals surface area contributed by atoms with E-state index in [9.17, 15) is 19.7 Å². The smallest absolute Gasteiger partial charge is 0.269 e. The molecule has 10 heteroatoms. The molecular formula is C25H22N4O5S. The van der Waals surface area contributed by atoms with Gasteiger partial charge in [-0.2, -0.15) is 0 Å². The first-order valence-electron chi connectivity index (χ1n) is 10.7. The number of nitro groups is 1. The molecule has 0 aliphatic carbocycles. The Balaban J connectivity index is 1.58. The number of ether oxygens (including phenoxy) is 1. The Morgan fingerprint density at radius 1 is 1.14 bits per heavy atom. The lowest BCUT2D eigenvalue weighted by Crippen LogP contribution is -2.25. The van der Waals surface area contributed by atoms with Crippen molar-refractivity contribution in [3.8, 4) is 5.75 Å². The van der Waals surface area contributed by atoms with Crippen LogP contribution in [0.1, 0.15) is 11.1 Å². The quantitative estimate of drug-likeness (QED) is 0.168. The average Bonchev–Trinajstić information content (AvgIpc) is 2.86. The van der Waals surface area contributed by atoms with E-state index in [4.69, 9.17) is 4.74 Å². The molecule has 0 spiro atoms. The van der Waals surface area contributed by atoms with Crippen molar-refractivity contribution in [2.45, 2.75) is 18.6 Å². The summed E-state index contributed by atoms with van der Waals surface area (Å²) in [6, 6.07) is 18.7. The summed E-state index contributed by atoms with van der Waals surface area (Å²) < 4.78 is 6.76. The number of aryl methyl sites for hydroxylation is 1. The highest BCUT2D eigenvalue weighted by Crippen LogP contribution is 2.23. The Kier molecular flexibility index (Phi) is 7.11. The van der Waals surface area contributed by atoms with Gasteiger partial charge in [-0.05, 0) is 48.4 Å². The summed E-state index contributed by atoms with van der Waals surface area (Å²) in [5.41, 5.74) is 2.27. The summed E-state index contributed by atoms with van der Waals surface area (Å²) in [5.74, 6) is 0.403. The molecule has 0 bridgehead atoms. The average molecular weight is 491 g/mol. The Bertz CT molecular complexity index is 1470. The van der Waals surface area contributed by atoms with Gasteiger partial charge in [0.25, 0.3) is 11.2 Å². The van der Waals surface area contributed by atoms with Crippen LogP contribution in [0.25, 0.3) is 10.9 Å². The van der Waals surface area contributed by atoms with Crippen molar-refractivity contribution < 1.29 is 14.5 Å². The van der Waals surface area contributed by atoms with Gasteiger partial charge in [-0.15, -0.1) is 0 Å². The van der Waals surface area contributed by atoms with Crippen LogP contribution in [-0.2, 0) is 11.3 Å². The van der Waals surface area contributed by atoms with Crippen LogP contribution in [-0.4, -0.2) is 33.2 Å². The van der Waals surface area contributed by atoms with Crippen molar-refractivity contribution in [3.05, 3.63) is 98.3 Å². The number of methoxy groups -OCH3 is 1. The Morgan fingerprint density at radius 3 is 2.57 bits per heavy atom. The van der Waals surface area contributed by atoms with Crippen LogP contribution in [0.2, 0.25) is 0 Å². The second-order valence-corrected chi connectivity index (χ2v) is 8.69. The SMILES string of the molecule is COc1ccc(Cn2c(SCC(=O)Nc3ccc([N+](=O)[O-])cc3C)nc3ccccc3c2=O)cc1. The number of hydrogen-bond acceptors (Lipinski definition) is 7. The number of anilines is 1. The van der Waals surface area contributed by atoms with Crippen molar-refractivity contribution in [2.24, 2.45) is 0 Å². The van der Waals surface area contributed by atoms with Crippen LogP contribution in [0, 0.1) is 17.0 Å². The third-order valence-electron chi connectivity index (χ3n) is 5.35. The second-order valence-electron chi connectivity index (χ2n) is 7.74. The number of para-hydroxylation sites is 1. The van der Waals surface area contributed by atoms with Crippen LogP contribution in [0.3, 0.4) is 0 Å². The number of nitro benzene ring substituents is 1. The number of carbonyl (C=O) groups excluding carboxylic acids is 1. The maximum absolute atomic E-state index is 13.3. The molecular weight excluding hydrogens is 468 g/mol. The van der Waals surface area contributed by atoms with E-state index in [0.29, 0.717) is 33.1 Å². The molecule has 178 valence electrons. The number of rotatable bonds is 8. The fraction of sp³-hybridized carbons (Fsp3) is 0.160. The fourth-order valence-electron chi connectivity index (χ4n) is 3.53. The molecule has 0 saturated heterocycles. The van der Waals surface area contributed by atoms with Crippen molar-refractivity contribution in [3.63, 3.8) is 0 Å². The highest BCUT2D eigenvalue weighted by molar-refractivity contribution is 7.99. The van der Waals surface area contributed by atoms with Gasteiger partial charge >= 0.3 is 0 Å². The van der Waals surface area contributed by atoms with E-state index in [1.807, 2.05) is 24.3 Å². The molecule has 1 aromatic heterocycles. The number of hydrogen-bond donors (Lipinski definition) is 1.